The zero-order valence-electron chi connectivity index (χ0n) is 20.7. The van der Waals surface area contributed by atoms with E-state index in [9.17, 15) is 9.90 Å². The number of carbonyl (C=O) groups is 1. The van der Waals surface area contributed by atoms with Crippen LogP contribution in [0.1, 0.15) is 41.4 Å². The third-order valence-electron chi connectivity index (χ3n) is 7.31. The molecular formula is C28H38N4O2. The van der Waals surface area contributed by atoms with E-state index >= 15 is 0 Å². The number of amides is 1. The number of hydrogen-bond acceptors (Lipinski definition) is 5. The molecular weight excluding hydrogens is 424 g/mol. The van der Waals surface area contributed by atoms with Gasteiger partial charge in [-0.15, -0.1) is 6.58 Å². The van der Waals surface area contributed by atoms with Crippen molar-refractivity contribution in [3.8, 4) is 5.75 Å². The lowest BCUT2D eigenvalue weighted by Gasteiger charge is -2.47. The zero-order chi connectivity index (χ0) is 24.2. The van der Waals surface area contributed by atoms with E-state index in [-0.39, 0.29) is 17.7 Å². The molecule has 0 bridgehead atoms. The van der Waals surface area contributed by atoms with Gasteiger partial charge < -0.3 is 14.9 Å². The van der Waals surface area contributed by atoms with Gasteiger partial charge in [0.05, 0.1) is 6.04 Å². The molecule has 2 aliphatic rings. The van der Waals surface area contributed by atoms with Crippen LogP contribution in [0, 0.1) is 0 Å². The fourth-order valence-electron chi connectivity index (χ4n) is 5.28. The molecule has 1 amide bonds. The summed E-state index contributed by atoms with van der Waals surface area (Å²) in [7, 11) is 2.09. The second-order valence-corrected chi connectivity index (χ2v) is 9.85. The monoisotopic (exact) mass is 462 g/mol. The summed E-state index contributed by atoms with van der Waals surface area (Å²) >= 11 is 0. The van der Waals surface area contributed by atoms with E-state index < -0.39 is 0 Å². The van der Waals surface area contributed by atoms with E-state index in [1.54, 1.807) is 6.07 Å². The van der Waals surface area contributed by atoms with Crippen molar-refractivity contribution in [1.82, 2.24) is 19.6 Å². The number of aromatic hydroxyl groups is 1. The Labute approximate surface area is 204 Å². The third-order valence-corrected chi connectivity index (χ3v) is 7.31. The Bertz CT molecular complexity index is 984. The summed E-state index contributed by atoms with van der Waals surface area (Å²) < 4.78 is 0. The Hall–Kier alpha value is -2.67. The fourth-order valence-corrected chi connectivity index (χ4v) is 5.28. The molecule has 0 radical (unpaired) electrons. The maximum atomic E-state index is 13.0. The van der Waals surface area contributed by atoms with Crippen LogP contribution >= 0.6 is 0 Å². The van der Waals surface area contributed by atoms with Crippen molar-refractivity contribution in [3.63, 3.8) is 0 Å². The van der Waals surface area contributed by atoms with Gasteiger partial charge in [-0.2, -0.15) is 0 Å². The van der Waals surface area contributed by atoms with Crippen LogP contribution in [0.5, 0.6) is 5.75 Å². The topological polar surface area (TPSA) is 50.3 Å². The second kappa shape index (κ2) is 10.7. The minimum Gasteiger partial charge on any atom is -0.508 e. The number of phenols is 1. The molecule has 3 atom stereocenters. The van der Waals surface area contributed by atoms with E-state index in [0.29, 0.717) is 12.1 Å². The highest BCUT2D eigenvalue weighted by molar-refractivity contribution is 5.94. The van der Waals surface area contributed by atoms with Gasteiger partial charge in [0.1, 0.15) is 5.75 Å². The molecule has 0 unspecified atom stereocenters. The summed E-state index contributed by atoms with van der Waals surface area (Å²) in [5.41, 5.74) is 2.94. The average molecular weight is 463 g/mol. The van der Waals surface area contributed by atoms with E-state index in [4.69, 9.17) is 0 Å². The molecule has 6 heteroatoms. The van der Waals surface area contributed by atoms with Crippen molar-refractivity contribution >= 4 is 5.91 Å². The number of piperazine rings is 2. The van der Waals surface area contributed by atoms with Crippen LogP contribution in [0.2, 0.25) is 0 Å². The van der Waals surface area contributed by atoms with Crippen molar-refractivity contribution in [3.05, 3.63) is 77.9 Å². The first-order valence-electron chi connectivity index (χ1n) is 12.3. The lowest BCUT2D eigenvalue weighted by Crippen LogP contribution is -2.57. The van der Waals surface area contributed by atoms with Crippen molar-refractivity contribution in [1.29, 1.82) is 0 Å². The van der Waals surface area contributed by atoms with E-state index in [2.05, 4.69) is 60.4 Å². The van der Waals surface area contributed by atoms with Crippen molar-refractivity contribution in [2.75, 3.05) is 52.9 Å². The predicted octanol–water partition coefficient (Wildman–Crippen LogP) is 3.45. The van der Waals surface area contributed by atoms with Crippen molar-refractivity contribution in [2.24, 2.45) is 0 Å². The zero-order valence-corrected chi connectivity index (χ0v) is 20.7. The first-order chi connectivity index (χ1) is 16.4. The van der Waals surface area contributed by atoms with Crippen LogP contribution < -0.4 is 0 Å². The molecule has 34 heavy (non-hydrogen) atoms. The molecule has 4 rings (SSSR count). The van der Waals surface area contributed by atoms with Gasteiger partial charge in [-0.05, 0) is 56.3 Å². The Kier molecular flexibility index (Phi) is 7.71. The number of rotatable bonds is 6. The van der Waals surface area contributed by atoms with E-state index in [1.165, 1.54) is 0 Å². The normalized spacial score (nSPS) is 23.6. The molecule has 2 heterocycles. The molecule has 2 aromatic carbocycles. The summed E-state index contributed by atoms with van der Waals surface area (Å²) in [6.45, 7) is 14.6. The summed E-state index contributed by atoms with van der Waals surface area (Å²) in [5, 5.41) is 10.2. The summed E-state index contributed by atoms with van der Waals surface area (Å²) in [5.74, 6) is 0.379. The second-order valence-electron chi connectivity index (χ2n) is 9.85. The Morgan fingerprint density at radius 3 is 2.38 bits per heavy atom. The lowest BCUT2D eigenvalue weighted by atomic mass is 9.92. The maximum Gasteiger partial charge on any atom is 0.253 e. The molecule has 2 fully saturated rings. The molecule has 0 saturated carbocycles. The molecule has 2 aromatic rings. The molecule has 0 spiro atoms. The van der Waals surface area contributed by atoms with Gasteiger partial charge in [-0.1, -0.05) is 30.3 Å². The summed E-state index contributed by atoms with van der Waals surface area (Å²) in [6.07, 6.45) is 1.97. The standard InChI is InChI=1S/C28H38N4O2/c1-5-13-31-19-22(3)32(20-21(31)2)27(25-7-6-8-26(33)18-25)23-9-11-24(12-10-23)28(34)30-16-14-29(4)15-17-30/h5-12,18,21-22,27,33H,1,13-17,19-20H2,2-4H3/t21-,22+,27-/m1/s1. The highest BCUT2D eigenvalue weighted by Gasteiger charge is 2.34. The number of carbonyl (C=O) groups excluding carboxylic acids is 1. The number of hydrogen-bond donors (Lipinski definition) is 1. The Morgan fingerprint density at radius 2 is 1.74 bits per heavy atom. The van der Waals surface area contributed by atoms with E-state index in [0.717, 1.165) is 62.5 Å². The predicted molar refractivity (Wildman–Crippen MR) is 137 cm³/mol. The average Bonchev–Trinajstić information content (AvgIpc) is 2.83. The Morgan fingerprint density at radius 1 is 1.03 bits per heavy atom. The van der Waals surface area contributed by atoms with Gasteiger partial charge in [0, 0.05) is 63.5 Å². The van der Waals surface area contributed by atoms with Gasteiger partial charge >= 0.3 is 0 Å². The van der Waals surface area contributed by atoms with Gasteiger partial charge in [0.25, 0.3) is 5.91 Å². The van der Waals surface area contributed by atoms with E-state index in [1.807, 2.05) is 35.2 Å². The van der Waals surface area contributed by atoms with Crippen LogP contribution in [-0.4, -0.2) is 95.6 Å². The molecule has 182 valence electrons. The van der Waals surface area contributed by atoms with Gasteiger partial charge in [-0.25, -0.2) is 0 Å². The molecule has 6 nitrogen and oxygen atoms in total. The van der Waals surface area contributed by atoms with Gasteiger partial charge in [-0.3, -0.25) is 14.6 Å². The number of phenolic OH excluding ortho intramolecular Hbond substituents is 1. The highest BCUT2D eigenvalue weighted by Crippen LogP contribution is 2.34. The maximum absolute atomic E-state index is 13.0. The summed E-state index contributed by atoms with van der Waals surface area (Å²) in [4.78, 5) is 22.2. The first kappa shape index (κ1) is 24.5. The van der Waals surface area contributed by atoms with Crippen LogP contribution in [0.3, 0.4) is 0 Å². The number of likely N-dealkylation sites (N-methyl/N-ethyl adjacent to an activating group) is 1. The largest absolute Gasteiger partial charge is 0.508 e. The molecule has 0 aliphatic carbocycles. The van der Waals surface area contributed by atoms with Crippen molar-refractivity contribution < 1.29 is 9.90 Å². The lowest BCUT2D eigenvalue weighted by molar-refractivity contribution is 0.0306. The molecule has 1 N–H and O–H groups in total. The molecule has 0 aromatic heterocycles. The number of nitrogens with zero attached hydrogens (tertiary/aromatic N) is 4. The van der Waals surface area contributed by atoms with Crippen LogP contribution in [0.4, 0.5) is 0 Å². The van der Waals surface area contributed by atoms with Crippen LogP contribution in [0.15, 0.2) is 61.2 Å². The SMILES string of the molecule is C=CCN1C[C@H](C)N([C@H](c2ccc(C(=O)N3CCN(C)CC3)cc2)c2cccc(O)c2)C[C@H]1C. The first-order valence-corrected chi connectivity index (χ1v) is 12.3. The minimum atomic E-state index is 0.00298. The molecule has 2 aliphatic heterocycles. The molecule has 2 saturated heterocycles. The van der Waals surface area contributed by atoms with Gasteiger partial charge in [0.15, 0.2) is 0 Å². The van der Waals surface area contributed by atoms with Crippen molar-refractivity contribution in [2.45, 2.75) is 32.0 Å². The van der Waals surface area contributed by atoms with Gasteiger partial charge in [0.2, 0.25) is 0 Å². The summed E-state index contributed by atoms with van der Waals surface area (Å²) in [6, 6.07) is 16.4. The number of benzene rings is 2. The quantitative estimate of drug-likeness (QED) is 0.667. The van der Waals surface area contributed by atoms with Crippen LogP contribution in [0.25, 0.3) is 0 Å². The van der Waals surface area contributed by atoms with Crippen LogP contribution in [-0.2, 0) is 0 Å². The highest BCUT2D eigenvalue weighted by atomic mass is 16.3. The smallest absolute Gasteiger partial charge is 0.253 e. The Balaban J connectivity index is 1.61. The third kappa shape index (κ3) is 5.35. The minimum absolute atomic E-state index is 0.00298. The fraction of sp³-hybridized carbons (Fsp3) is 0.464.